The van der Waals surface area contributed by atoms with Crippen LogP contribution in [0.3, 0.4) is 0 Å². The lowest BCUT2D eigenvalue weighted by atomic mass is 9.95. The Labute approximate surface area is 99.6 Å². The molecule has 1 aromatic carbocycles. The van der Waals surface area contributed by atoms with Crippen molar-refractivity contribution in [3.63, 3.8) is 0 Å². The van der Waals surface area contributed by atoms with Crippen LogP contribution in [0.15, 0.2) is 18.2 Å². The van der Waals surface area contributed by atoms with E-state index in [1.807, 2.05) is 6.92 Å². The topological polar surface area (TPSA) is 40.5 Å². The summed E-state index contributed by atoms with van der Waals surface area (Å²) in [4.78, 5) is 13.7. The molecule has 0 spiro atoms. The molecule has 1 saturated heterocycles. The number of carbonyl (C=O) groups excluding carboxylic acids is 1. The molecule has 86 valence electrons. The number of hydrogen-bond donors (Lipinski definition) is 1. The summed E-state index contributed by atoms with van der Waals surface area (Å²) in [6.07, 6.45) is 0. The van der Waals surface area contributed by atoms with Gasteiger partial charge in [-0.1, -0.05) is 11.6 Å². The highest BCUT2D eigenvalue weighted by molar-refractivity contribution is 6.30. The van der Waals surface area contributed by atoms with Crippen LogP contribution < -0.4 is 0 Å². The molecule has 1 aromatic rings. The highest BCUT2D eigenvalue weighted by Crippen LogP contribution is 2.24. The van der Waals surface area contributed by atoms with E-state index in [0.29, 0.717) is 23.7 Å². The van der Waals surface area contributed by atoms with Gasteiger partial charge in [0.15, 0.2) is 0 Å². The van der Waals surface area contributed by atoms with Gasteiger partial charge in [-0.2, -0.15) is 0 Å². The lowest BCUT2D eigenvalue weighted by Crippen LogP contribution is -2.61. The molecule has 1 N–H and O–H groups in total. The molecule has 1 aliphatic heterocycles. The van der Waals surface area contributed by atoms with Crippen molar-refractivity contribution < 1.29 is 9.90 Å². The first-order chi connectivity index (χ1) is 7.39. The van der Waals surface area contributed by atoms with Crippen LogP contribution >= 0.6 is 11.6 Å². The number of β-amino-alcohol motifs (C(OH)–C–C–N with tert-alkyl or cyclic N) is 1. The Morgan fingerprint density at radius 3 is 2.62 bits per heavy atom. The predicted octanol–water partition coefficient (Wildman–Crippen LogP) is 1.86. The molecule has 16 heavy (non-hydrogen) atoms. The van der Waals surface area contributed by atoms with Gasteiger partial charge in [0.05, 0.1) is 18.7 Å². The minimum absolute atomic E-state index is 0.0410. The first-order valence-electron chi connectivity index (χ1n) is 5.17. The summed E-state index contributed by atoms with van der Waals surface area (Å²) in [5.41, 5.74) is 0.791. The Balaban J connectivity index is 2.16. The standard InChI is InChI=1S/C12H14ClNO2/c1-8-5-9(13)3-4-10(8)11(15)14-6-12(2,16)7-14/h3-5,16H,6-7H2,1-2H3. The van der Waals surface area contributed by atoms with Crippen molar-refractivity contribution >= 4 is 17.5 Å². The van der Waals surface area contributed by atoms with E-state index >= 15 is 0 Å². The summed E-state index contributed by atoms with van der Waals surface area (Å²) in [6.45, 7) is 4.38. The monoisotopic (exact) mass is 239 g/mol. The van der Waals surface area contributed by atoms with Crippen LogP contribution in [0.2, 0.25) is 5.02 Å². The van der Waals surface area contributed by atoms with E-state index in [1.54, 1.807) is 30.0 Å². The van der Waals surface area contributed by atoms with Crippen molar-refractivity contribution in [1.29, 1.82) is 0 Å². The van der Waals surface area contributed by atoms with Gasteiger partial charge in [-0.05, 0) is 37.6 Å². The van der Waals surface area contributed by atoms with Crippen molar-refractivity contribution in [1.82, 2.24) is 4.90 Å². The fraction of sp³-hybridized carbons (Fsp3) is 0.417. The van der Waals surface area contributed by atoms with E-state index in [1.165, 1.54) is 0 Å². The average molecular weight is 240 g/mol. The van der Waals surface area contributed by atoms with Crippen molar-refractivity contribution in [2.24, 2.45) is 0 Å². The molecule has 1 fully saturated rings. The SMILES string of the molecule is Cc1cc(Cl)ccc1C(=O)N1CC(C)(O)C1. The number of nitrogens with zero attached hydrogens (tertiary/aromatic N) is 1. The first-order valence-corrected chi connectivity index (χ1v) is 5.55. The Morgan fingerprint density at radius 2 is 2.12 bits per heavy atom. The largest absolute Gasteiger partial charge is 0.386 e. The maximum atomic E-state index is 12.0. The van der Waals surface area contributed by atoms with Gasteiger partial charge in [-0.3, -0.25) is 4.79 Å². The minimum atomic E-state index is -0.726. The number of likely N-dealkylation sites (tertiary alicyclic amines) is 1. The van der Waals surface area contributed by atoms with E-state index in [-0.39, 0.29) is 5.91 Å². The third-order valence-electron chi connectivity index (χ3n) is 2.77. The minimum Gasteiger partial charge on any atom is -0.386 e. The molecule has 0 atom stereocenters. The third-order valence-corrected chi connectivity index (χ3v) is 3.00. The van der Waals surface area contributed by atoms with E-state index in [0.717, 1.165) is 5.56 Å². The van der Waals surface area contributed by atoms with Gasteiger partial charge in [0.1, 0.15) is 0 Å². The predicted molar refractivity (Wildman–Crippen MR) is 62.7 cm³/mol. The van der Waals surface area contributed by atoms with Crippen molar-refractivity contribution in [2.75, 3.05) is 13.1 Å². The van der Waals surface area contributed by atoms with Gasteiger partial charge in [0.25, 0.3) is 5.91 Å². The van der Waals surface area contributed by atoms with Crippen LogP contribution in [0.4, 0.5) is 0 Å². The van der Waals surface area contributed by atoms with Gasteiger partial charge >= 0.3 is 0 Å². The van der Waals surface area contributed by atoms with E-state index in [4.69, 9.17) is 11.6 Å². The molecule has 0 unspecified atom stereocenters. The molecular weight excluding hydrogens is 226 g/mol. The quantitative estimate of drug-likeness (QED) is 0.813. The smallest absolute Gasteiger partial charge is 0.254 e. The highest BCUT2D eigenvalue weighted by atomic mass is 35.5. The number of aryl methyl sites for hydroxylation is 1. The summed E-state index contributed by atoms with van der Waals surface area (Å²) < 4.78 is 0. The lowest BCUT2D eigenvalue weighted by molar-refractivity contribution is -0.0669. The lowest BCUT2D eigenvalue weighted by Gasteiger charge is -2.44. The van der Waals surface area contributed by atoms with Crippen LogP contribution in [0.25, 0.3) is 0 Å². The highest BCUT2D eigenvalue weighted by Gasteiger charge is 2.39. The number of benzene rings is 1. The zero-order valence-electron chi connectivity index (χ0n) is 9.33. The molecule has 0 aliphatic carbocycles. The van der Waals surface area contributed by atoms with Gasteiger partial charge in [-0.25, -0.2) is 0 Å². The van der Waals surface area contributed by atoms with Crippen LogP contribution in [-0.4, -0.2) is 34.6 Å². The molecule has 0 bridgehead atoms. The number of amides is 1. The first kappa shape index (κ1) is 11.4. The molecule has 0 radical (unpaired) electrons. The van der Waals surface area contributed by atoms with Gasteiger partial charge in [0.2, 0.25) is 0 Å². The summed E-state index contributed by atoms with van der Waals surface area (Å²) in [5.74, 6) is -0.0410. The number of halogens is 1. The second kappa shape index (κ2) is 3.75. The zero-order valence-corrected chi connectivity index (χ0v) is 10.1. The van der Waals surface area contributed by atoms with E-state index in [2.05, 4.69) is 0 Å². The molecule has 1 aliphatic rings. The molecular formula is C12H14ClNO2. The van der Waals surface area contributed by atoms with Crippen LogP contribution in [0.1, 0.15) is 22.8 Å². The summed E-state index contributed by atoms with van der Waals surface area (Å²) in [6, 6.07) is 5.21. The number of aliphatic hydroxyl groups is 1. The van der Waals surface area contributed by atoms with Crippen molar-refractivity contribution in [3.05, 3.63) is 34.3 Å². The molecule has 0 saturated carbocycles. The zero-order chi connectivity index (χ0) is 11.9. The third kappa shape index (κ3) is 2.06. The van der Waals surface area contributed by atoms with E-state index in [9.17, 15) is 9.90 Å². The fourth-order valence-corrected chi connectivity index (χ4v) is 2.18. The van der Waals surface area contributed by atoms with Crippen LogP contribution in [-0.2, 0) is 0 Å². The van der Waals surface area contributed by atoms with Gasteiger partial charge in [0, 0.05) is 10.6 Å². The Morgan fingerprint density at radius 1 is 1.50 bits per heavy atom. The molecule has 1 amide bonds. The van der Waals surface area contributed by atoms with Crippen molar-refractivity contribution in [3.8, 4) is 0 Å². The Bertz CT molecular complexity index is 435. The van der Waals surface area contributed by atoms with E-state index < -0.39 is 5.60 Å². The number of rotatable bonds is 1. The Hall–Kier alpha value is -1.06. The number of carbonyl (C=O) groups is 1. The number of hydrogen-bond acceptors (Lipinski definition) is 2. The van der Waals surface area contributed by atoms with Gasteiger partial charge < -0.3 is 10.0 Å². The average Bonchev–Trinajstić information content (AvgIpc) is 2.13. The molecule has 3 nitrogen and oxygen atoms in total. The Kier molecular flexibility index (Phi) is 2.68. The normalized spacial score (nSPS) is 18.1. The van der Waals surface area contributed by atoms with Gasteiger partial charge in [-0.15, -0.1) is 0 Å². The molecule has 0 aromatic heterocycles. The fourth-order valence-electron chi connectivity index (χ4n) is 1.96. The summed E-state index contributed by atoms with van der Waals surface area (Å²) in [5, 5.41) is 10.2. The second-order valence-corrected chi connectivity index (χ2v) is 5.05. The second-order valence-electron chi connectivity index (χ2n) is 4.62. The summed E-state index contributed by atoms with van der Waals surface area (Å²) >= 11 is 5.83. The van der Waals surface area contributed by atoms with Crippen LogP contribution in [0, 0.1) is 6.92 Å². The molecule has 1 heterocycles. The van der Waals surface area contributed by atoms with Crippen molar-refractivity contribution in [2.45, 2.75) is 19.4 Å². The van der Waals surface area contributed by atoms with Crippen LogP contribution in [0.5, 0.6) is 0 Å². The molecule has 2 rings (SSSR count). The molecule has 4 heteroatoms. The maximum absolute atomic E-state index is 12.0. The summed E-state index contributed by atoms with van der Waals surface area (Å²) in [7, 11) is 0. The maximum Gasteiger partial charge on any atom is 0.254 e.